The summed E-state index contributed by atoms with van der Waals surface area (Å²) in [6.07, 6.45) is 4.17. The fourth-order valence-corrected chi connectivity index (χ4v) is 3.31. The van der Waals surface area contributed by atoms with Gasteiger partial charge in [0.2, 0.25) is 0 Å². The lowest BCUT2D eigenvalue weighted by Crippen LogP contribution is -2.46. The van der Waals surface area contributed by atoms with E-state index >= 15 is 0 Å². The quantitative estimate of drug-likeness (QED) is 0.738. The van der Waals surface area contributed by atoms with E-state index in [0.717, 1.165) is 49.1 Å². The molecule has 0 N–H and O–H groups in total. The van der Waals surface area contributed by atoms with E-state index in [9.17, 15) is 0 Å². The van der Waals surface area contributed by atoms with Crippen LogP contribution in [0.5, 0.6) is 0 Å². The normalized spacial score (nSPS) is 16.1. The molecule has 0 radical (unpaired) electrons. The van der Waals surface area contributed by atoms with Crippen LogP contribution in [0.15, 0.2) is 54.9 Å². The highest BCUT2D eigenvalue weighted by molar-refractivity contribution is 6.30. The molecule has 118 valence electrons. The summed E-state index contributed by atoms with van der Waals surface area (Å²) in [6, 6.07) is 14.2. The van der Waals surface area contributed by atoms with Crippen LogP contribution in [-0.2, 0) is 6.54 Å². The third-order valence-corrected chi connectivity index (χ3v) is 4.58. The molecular weight excluding hydrogens is 308 g/mol. The number of benzene rings is 1. The van der Waals surface area contributed by atoms with Gasteiger partial charge in [0.1, 0.15) is 5.65 Å². The Kier molecular flexibility index (Phi) is 3.93. The molecule has 3 heterocycles. The summed E-state index contributed by atoms with van der Waals surface area (Å²) in [5.41, 5.74) is 3.36. The van der Waals surface area contributed by atoms with Crippen LogP contribution in [0, 0.1) is 0 Å². The van der Waals surface area contributed by atoms with Gasteiger partial charge in [0.05, 0.1) is 5.69 Å². The largest absolute Gasteiger partial charge is 0.369 e. The molecule has 4 nitrogen and oxygen atoms in total. The van der Waals surface area contributed by atoms with Crippen LogP contribution in [0.2, 0.25) is 5.02 Å². The van der Waals surface area contributed by atoms with E-state index in [-0.39, 0.29) is 0 Å². The summed E-state index contributed by atoms with van der Waals surface area (Å²) < 4.78 is 2.08. The Bertz CT molecular complexity index is 772. The van der Waals surface area contributed by atoms with Crippen molar-refractivity contribution in [3.63, 3.8) is 0 Å². The molecule has 0 aliphatic carbocycles. The van der Waals surface area contributed by atoms with E-state index in [1.165, 1.54) is 5.69 Å². The zero-order chi connectivity index (χ0) is 15.6. The molecule has 23 heavy (non-hydrogen) atoms. The van der Waals surface area contributed by atoms with Gasteiger partial charge >= 0.3 is 0 Å². The second kappa shape index (κ2) is 6.22. The number of pyridine rings is 1. The molecule has 4 rings (SSSR count). The molecule has 1 aliphatic rings. The SMILES string of the molecule is Clc1cccc(N2CCN(Cc3cn4ccccc4n3)CC2)c1. The molecule has 2 aromatic heterocycles. The molecule has 5 heteroatoms. The first-order valence-corrected chi connectivity index (χ1v) is 8.31. The number of aromatic nitrogens is 2. The molecule has 0 bridgehead atoms. The Morgan fingerprint density at radius 3 is 2.65 bits per heavy atom. The van der Waals surface area contributed by atoms with Crippen LogP contribution in [-0.4, -0.2) is 40.5 Å². The van der Waals surface area contributed by atoms with E-state index < -0.39 is 0 Å². The number of rotatable bonds is 3. The van der Waals surface area contributed by atoms with Crippen molar-refractivity contribution in [2.45, 2.75) is 6.54 Å². The minimum atomic E-state index is 0.801. The van der Waals surface area contributed by atoms with E-state index in [0.29, 0.717) is 0 Å². The molecule has 0 amide bonds. The fraction of sp³-hybridized carbons (Fsp3) is 0.278. The van der Waals surface area contributed by atoms with Crippen LogP contribution < -0.4 is 4.90 Å². The van der Waals surface area contributed by atoms with E-state index in [4.69, 9.17) is 11.6 Å². The van der Waals surface area contributed by atoms with Gasteiger partial charge in [-0.3, -0.25) is 4.90 Å². The van der Waals surface area contributed by atoms with E-state index in [1.807, 2.05) is 42.6 Å². The maximum absolute atomic E-state index is 6.09. The van der Waals surface area contributed by atoms with Crippen molar-refractivity contribution in [1.29, 1.82) is 0 Å². The predicted octanol–water partition coefficient (Wildman–Crippen LogP) is 3.31. The highest BCUT2D eigenvalue weighted by Crippen LogP contribution is 2.21. The molecular formula is C18H19ClN4. The number of nitrogens with zero attached hydrogens (tertiary/aromatic N) is 4. The first-order valence-electron chi connectivity index (χ1n) is 7.93. The van der Waals surface area contributed by atoms with Gasteiger partial charge < -0.3 is 9.30 Å². The molecule has 1 saturated heterocycles. The van der Waals surface area contributed by atoms with Crippen LogP contribution >= 0.6 is 11.6 Å². The zero-order valence-electron chi connectivity index (χ0n) is 12.9. The van der Waals surface area contributed by atoms with E-state index in [2.05, 4.69) is 31.4 Å². The third kappa shape index (κ3) is 3.19. The molecule has 3 aromatic rings. The number of hydrogen-bond donors (Lipinski definition) is 0. The maximum atomic E-state index is 6.09. The lowest BCUT2D eigenvalue weighted by atomic mass is 10.2. The van der Waals surface area contributed by atoms with Crippen molar-refractivity contribution in [1.82, 2.24) is 14.3 Å². The summed E-state index contributed by atoms with van der Waals surface area (Å²) in [7, 11) is 0. The van der Waals surface area contributed by atoms with Crippen molar-refractivity contribution in [2.75, 3.05) is 31.1 Å². The molecule has 0 spiro atoms. The molecule has 0 atom stereocenters. The predicted molar refractivity (Wildman–Crippen MR) is 94.1 cm³/mol. The molecule has 0 saturated carbocycles. The van der Waals surface area contributed by atoms with Gasteiger partial charge in [0, 0.05) is 55.8 Å². The van der Waals surface area contributed by atoms with Crippen LogP contribution in [0.1, 0.15) is 5.69 Å². The van der Waals surface area contributed by atoms with Crippen molar-refractivity contribution in [3.8, 4) is 0 Å². The van der Waals surface area contributed by atoms with Crippen LogP contribution in [0.4, 0.5) is 5.69 Å². The van der Waals surface area contributed by atoms with Gasteiger partial charge in [0.25, 0.3) is 0 Å². The molecule has 0 unspecified atom stereocenters. The number of hydrogen-bond acceptors (Lipinski definition) is 3. The standard InChI is InChI=1S/C18H19ClN4/c19-15-4-3-5-17(12-15)22-10-8-21(9-11-22)13-16-14-23-7-2-1-6-18(23)20-16/h1-7,12,14H,8-11,13H2. The number of fused-ring (bicyclic) bond motifs is 1. The monoisotopic (exact) mass is 326 g/mol. The van der Waals surface area contributed by atoms with Crippen LogP contribution in [0.25, 0.3) is 5.65 Å². The Morgan fingerprint density at radius 1 is 1.00 bits per heavy atom. The smallest absolute Gasteiger partial charge is 0.137 e. The number of piperazine rings is 1. The lowest BCUT2D eigenvalue weighted by molar-refractivity contribution is 0.247. The van der Waals surface area contributed by atoms with Gasteiger partial charge in [-0.1, -0.05) is 23.7 Å². The summed E-state index contributed by atoms with van der Waals surface area (Å²) in [6.45, 7) is 5.03. The number of anilines is 1. The third-order valence-electron chi connectivity index (χ3n) is 4.35. The summed E-state index contributed by atoms with van der Waals surface area (Å²) in [5, 5.41) is 0.801. The summed E-state index contributed by atoms with van der Waals surface area (Å²) in [5.74, 6) is 0. The Hall–Kier alpha value is -2.04. The molecule has 1 aliphatic heterocycles. The highest BCUT2D eigenvalue weighted by Gasteiger charge is 2.18. The number of halogens is 1. The van der Waals surface area contributed by atoms with Crippen molar-refractivity contribution >= 4 is 22.9 Å². The van der Waals surface area contributed by atoms with Gasteiger partial charge in [-0.05, 0) is 30.3 Å². The Balaban J connectivity index is 1.39. The first kappa shape index (κ1) is 14.5. The lowest BCUT2D eigenvalue weighted by Gasteiger charge is -2.35. The summed E-state index contributed by atoms with van der Waals surface area (Å²) in [4.78, 5) is 9.54. The van der Waals surface area contributed by atoms with E-state index in [1.54, 1.807) is 0 Å². The second-order valence-corrected chi connectivity index (χ2v) is 6.38. The molecule has 1 fully saturated rings. The fourth-order valence-electron chi connectivity index (χ4n) is 3.13. The van der Waals surface area contributed by atoms with Gasteiger partial charge in [0.15, 0.2) is 0 Å². The highest BCUT2D eigenvalue weighted by atomic mass is 35.5. The maximum Gasteiger partial charge on any atom is 0.137 e. The second-order valence-electron chi connectivity index (χ2n) is 5.94. The first-order chi connectivity index (χ1) is 11.3. The minimum Gasteiger partial charge on any atom is -0.369 e. The zero-order valence-corrected chi connectivity index (χ0v) is 13.7. The van der Waals surface area contributed by atoms with Crippen molar-refractivity contribution in [3.05, 3.63) is 65.6 Å². The summed E-state index contributed by atoms with van der Waals surface area (Å²) >= 11 is 6.09. The Morgan fingerprint density at radius 2 is 1.87 bits per heavy atom. The average molecular weight is 327 g/mol. The van der Waals surface area contributed by atoms with Crippen molar-refractivity contribution < 1.29 is 0 Å². The van der Waals surface area contributed by atoms with Gasteiger partial charge in [-0.25, -0.2) is 4.98 Å². The topological polar surface area (TPSA) is 23.8 Å². The molecule has 1 aromatic carbocycles. The average Bonchev–Trinajstić information content (AvgIpc) is 2.98. The minimum absolute atomic E-state index is 0.801. The van der Waals surface area contributed by atoms with Crippen LogP contribution in [0.3, 0.4) is 0 Å². The number of imidazole rings is 1. The van der Waals surface area contributed by atoms with Gasteiger partial charge in [-0.15, -0.1) is 0 Å². The van der Waals surface area contributed by atoms with Gasteiger partial charge in [-0.2, -0.15) is 0 Å². The Labute approximate surface area is 140 Å². The van der Waals surface area contributed by atoms with Crippen molar-refractivity contribution in [2.24, 2.45) is 0 Å².